The van der Waals surface area contributed by atoms with Crippen LogP contribution in [0.1, 0.15) is 0 Å². The summed E-state index contributed by atoms with van der Waals surface area (Å²) in [7, 11) is -3.89. The Bertz CT molecular complexity index is 1000. The van der Waals surface area contributed by atoms with Crippen molar-refractivity contribution in [3.8, 4) is 5.75 Å². The first-order chi connectivity index (χ1) is 10.9. The molecule has 0 saturated heterocycles. The van der Waals surface area contributed by atoms with Crippen molar-refractivity contribution < 1.29 is 13.5 Å². The molecule has 23 heavy (non-hydrogen) atoms. The third-order valence-electron chi connectivity index (χ3n) is 3.34. The van der Waals surface area contributed by atoms with Crippen molar-refractivity contribution in [1.82, 2.24) is 0 Å². The predicted molar refractivity (Wildman–Crippen MR) is 92.9 cm³/mol. The Morgan fingerprint density at radius 2 is 1.48 bits per heavy atom. The number of benzene rings is 3. The molecular formula is C16H11Cl2NO3S. The van der Waals surface area contributed by atoms with E-state index in [0.29, 0.717) is 10.8 Å². The number of hydrogen-bond acceptors (Lipinski definition) is 3. The third kappa shape index (κ3) is 2.95. The first-order valence-corrected chi connectivity index (χ1v) is 8.81. The second-order valence-corrected chi connectivity index (χ2v) is 7.30. The molecule has 118 valence electrons. The molecule has 0 spiro atoms. The number of anilines is 1. The fraction of sp³-hybridized carbons (Fsp3) is 0. The minimum atomic E-state index is -3.89. The Labute approximate surface area is 143 Å². The average Bonchev–Trinajstić information content (AvgIpc) is 2.52. The lowest BCUT2D eigenvalue weighted by Gasteiger charge is -2.13. The molecule has 0 heterocycles. The minimum Gasteiger partial charge on any atom is -0.506 e. The second kappa shape index (κ2) is 5.92. The van der Waals surface area contributed by atoms with E-state index in [9.17, 15) is 13.5 Å². The fourth-order valence-corrected chi connectivity index (χ4v) is 4.07. The summed E-state index contributed by atoms with van der Waals surface area (Å²) in [4.78, 5) is -0.0325. The zero-order valence-electron chi connectivity index (χ0n) is 11.6. The lowest BCUT2D eigenvalue weighted by atomic mass is 10.1. The first-order valence-electron chi connectivity index (χ1n) is 6.58. The van der Waals surface area contributed by atoms with Crippen molar-refractivity contribution in [1.29, 1.82) is 0 Å². The van der Waals surface area contributed by atoms with Crippen LogP contribution in [0.25, 0.3) is 10.8 Å². The van der Waals surface area contributed by atoms with Crippen molar-refractivity contribution in [2.24, 2.45) is 0 Å². The van der Waals surface area contributed by atoms with Gasteiger partial charge < -0.3 is 5.11 Å². The normalized spacial score (nSPS) is 11.6. The van der Waals surface area contributed by atoms with E-state index in [2.05, 4.69) is 4.72 Å². The van der Waals surface area contributed by atoms with Crippen LogP contribution in [-0.4, -0.2) is 13.5 Å². The summed E-state index contributed by atoms with van der Waals surface area (Å²) in [6, 6.07) is 14.3. The van der Waals surface area contributed by atoms with Crippen LogP contribution in [0.3, 0.4) is 0 Å². The number of rotatable bonds is 3. The van der Waals surface area contributed by atoms with Gasteiger partial charge in [0.15, 0.2) is 0 Å². The predicted octanol–water partition coefficient (Wildman–Crippen LogP) is 4.65. The van der Waals surface area contributed by atoms with Gasteiger partial charge >= 0.3 is 0 Å². The summed E-state index contributed by atoms with van der Waals surface area (Å²) in [6.07, 6.45) is 0. The number of halogens is 2. The van der Waals surface area contributed by atoms with E-state index >= 15 is 0 Å². The van der Waals surface area contributed by atoms with Crippen LogP contribution in [0.5, 0.6) is 5.75 Å². The van der Waals surface area contributed by atoms with Crippen molar-refractivity contribution in [3.63, 3.8) is 0 Å². The summed E-state index contributed by atoms with van der Waals surface area (Å²) in [5, 5.41) is 11.2. The van der Waals surface area contributed by atoms with Gasteiger partial charge in [-0.2, -0.15) is 0 Å². The molecule has 0 atom stereocenters. The monoisotopic (exact) mass is 367 g/mol. The lowest BCUT2D eigenvalue weighted by Crippen LogP contribution is -2.13. The number of phenolic OH excluding ortho intramolecular Hbond substituents is 1. The molecule has 3 aromatic carbocycles. The van der Waals surface area contributed by atoms with Crippen molar-refractivity contribution in [2.75, 3.05) is 4.72 Å². The smallest absolute Gasteiger partial charge is 0.263 e. The van der Waals surface area contributed by atoms with Gasteiger partial charge in [-0.05, 0) is 18.2 Å². The highest BCUT2D eigenvalue weighted by Crippen LogP contribution is 2.38. The van der Waals surface area contributed by atoms with Crippen LogP contribution in [0, 0.1) is 0 Å². The van der Waals surface area contributed by atoms with Gasteiger partial charge in [-0.25, -0.2) is 8.42 Å². The molecule has 3 aromatic rings. The molecular weight excluding hydrogens is 357 g/mol. The second-order valence-electron chi connectivity index (χ2n) is 4.84. The molecule has 0 saturated carbocycles. The Kier molecular flexibility index (Phi) is 4.10. The van der Waals surface area contributed by atoms with Crippen LogP contribution in [0.15, 0.2) is 59.5 Å². The Hall–Kier alpha value is -1.95. The molecule has 0 unspecified atom stereocenters. The Balaban J connectivity index is 2.16. The van der Waals surface area contributed by atoms with Crippen LogP contribution in [-0.2, 0) is 10.0 Å². The summed E-state index contributed by atoms with van der Waals surface area (Å²) >= 11 is 12.0. The van der Waals surface area contributed by atoms with Crippen LogP contribution < -0.4 is 4.72 Å². The molecule has 7 heteroatoms. The molecule has 0 fully saturated rings. The number of hydrogen-bond donors (Lipinski definition) is 2. The van der Waals surface area contributed by atoms with Crippen molar-refractivity contribution in [2.45, 2.75) is 4.90 Å². The molecule has 0 aliphatic carbocycles. The summed E-state index contributed by atoms with van der Waals surface area (Å²) in [5.74, 6) is -0.0945. The molecule has 0 aliphatic heterocycles. The highest BCUT2D eigenvalue weighted by Gasteiger charge is 2.20. The van der Waals surface area contributed by atoms with E-state index in [4.69, 9.17) is 23.2 Å². The lowest BCUT2D eigenvalue weighted by molar-refractivity contribution is 0.482. The number of nitrogens with one attached hydrogen (secondary N) is 1. The minimum absolute atomic E-state index is 0.0325. The number of phenols is 1. The van der Waals surface area contributed by atoms with Gasteiger partial charge in [-0.3, -0.25) is 4.72 Å². The summed E-state index contributed by atoms with van der Waals surface area (Å²) in [6.45, 7) is 0. The number of sulfonamides is 1. The summed E-state index contributed by atoms with van der Waals surface area (Å²) < 4.78 is 27.6. The van der Waals surface area contributed by atoms with Crippen molar-refractivity contribution in [3.05, 3.63) is 64.6 Å². The van der Waals surface area contributed by atoms with Crippen LogP contribution >= 0.6 is 23.2 Å². The number of fused-ring (bicyclic) bond motifs is 1. The van der Waals surface area contributed by atoms with E-state index < -0.39 is 10.0 Å². The maximum Gasteiger partial charge on any atom is 0.263 e. The molecule has 0 bridgehead atoms. The Morgan fingerprint density at radius 1 is 0.870 bits per heavy atom. The largest absolute Gasteiger partial charge is 0.506 e. The third-order valence-corrected chi connectivity index (χ3v) is 5.49. The quantitative estimate of drug-likeness (QED) is 0.661. The molecule has 0 aliphatic rings. The van der Waals surface area contributed by atoms with Gasteiger partial charge in [-0.15, -0.1) is 0 Å². The molecule has 0 amide bonds. The maximum atomic E-state index is 12.6. The average molecular weight is 368 g/mol. The van der Waals surface area contributed by atoms with Crippen molar-refractivity contribution >= 4 is 49.7 Å². The molecule has 0 aromatic heterocycles. The van der Waals surface area contributed by atoms with E-state index in [1.807, 2.05) is 0 Å². The zero-order chi connectivity index (χ0) is 16.6. The highest BCUT2D eigenvalue weighted by atomic mass is 35.5. The van der Waals surface area contributed by atoms with Crippen LogP contribution in [0.2, 0.25) is 10.0 Å². The SMILES string of the molecule is O=S(=O)(Nc1cc(Cl)c(O)c2ccccc12)c1ccccc1Cl. The van der Waals surface area contributed by atoms with Gasteiger partial charge in [0.05, 0.1) is 15.7 Å². The van der Waals surface area contributed by atoms with E-state index in [0.717, 1.165) is 0 Å². The van der Waals surface area contributed by atoms with Gasteiger partial charge in [0.25, 0.3) is 10.0 Å². The Morgan fingerprint density at radius 3 is 2.17 bits per heavy atom. The highest BCUT2D eigenvalue weighted by molar-refractivity contribution is 7.92. The summed E-state index contributed by atoms with van der Waals surface area (Å²) in [5.41, 5.74) is 0.267. The molecule has 2 N–H and O–H groups in total. The topological polar surface area (TPSA) is 66.4 Å². The number of aromatic hydroxyl groups is 1. The van der Waals surface area contributed by atoms with Gasteiger partial charge in [0.2, 0.25) is 0 Å². The standard InChI is InChI=1S/C16H11Cl2NO3S/c17-12-7-3-4-8-15(12)23(21,22)19-14-9-13(18)16(20)11-6-2-1-5-10(11)14/h1-9,19-20H. The first kappa shape index (κ1) is 15.9. The van der Waals surface area contributed by atoms with Gasteiger partial charge in [0.1, 0.15) is 10.6 Å². The zero-order valence-corrected chi connectivity index (χ0v) is 14.0. The van der Waals surface area contributed by atoms with E-state index in [1.54, 1.807) is 36.4 Å². The fourth-order valence-electron chi connectivity index (χ4n) is 2.27. The van der Waals surface area contributed by atoms with Crippen LogP contribution in [0.4, 0.5) is 5.69 Å². The molecule has 3 rings (SSSR count). The van der Waals surface area contributed by atoms with Gasteiger partial charge in [-0.1, -0.05) is 59.6 Å². The van der Waals surface area contributed by atoms with Gasteiger partial charge in [0, 0.05) is 10.8 Å². The molecule has 0 radical (unpaired) electrons. The van der Waals surface area contributed by atoms with E-state index in [1.165, 1.54) is 18.2 Å². The molecule has 4 nitrogen and oxygen atoms in total. The van der Waals surface area contributed by atoms with E-state index in [-0.39, 0.29) is 26.4 Å². The maximum absolute atomic E-state index is 12.6.